The first kappa shape index (κ1) is 20.1. The Labute approximate surface area is 180 Å². The molecule has 3 aromatic carbocycles. The Morgan fingerprint density at radius 2 is 1.77 bits per heavy atom. The van der Waals surface area contributed by atoms with Gasteiger partial charge in [-0.25, -0.2) is 0 Å². The Morgan fingerprint density at radius 3 is 2.48 bits per heavy atom. The summed E-state index contributed by atoms with van der Waals surface area (Å²) >= 11 is 0. The van der Waals surface area contributed by atoms with Crippen molar-refractivity contribution in [3.05, 3.63) is 77.9 Å². The van der Waals surface area contributed by atoms with Crippen molar-refractivity contribution in [2.45, 2.75) is 6.17 Å². The summed E-state index contributed by atoms with van der Waals surface area (Å²) in [6.07, 6.45) is -0.477. The molecule has 0 fully saturated rings. The van der Waals surface area contributed by atoms with Gasteiger partial charge in [0.05, 0.1) is 19.8 Å². The monoisotopic (exact) mass is 415 g/mol. The zero-order chi connectivity index (χ0) is 21.8. The average Bonchev–Trinajstić information content (AvgIpc) is 2.82. The molecule has 4 rings (SSSR count). The molecule has 31 heavy (non-hydrogen) atoms. The van der Waals surface area contributed by atoms with E-state index in [-0.39, 0.29) is 12.5 Å². The number of nitrogens with one attached hydrogen (secondary N) is 1. The molecule has 1 heterocycles. The molecule has 0 saturated heterocycles. The number of para-hydroxylation sites is 1. The van der Waals surface area contributed by atoms with Gasteiger partial charge in [-0.2, -0.15) is 5.26 Å². The number of anilines is 2. The first-order chi connectivity index (χ1) is 15.2. The van der Waals surface area contributed by atoms with Gasteiger partial charge in [0.2, 0.25) is 0 Å². The molecule has 0 saturated carbocycles. The molecule has 1 aliphatic heterocycles. The molecule has 3 aromatic rings. The highest BCUT2D eigenvalue weighted by molar-refractivity contribution is 6.12. The third kappa shape index (κ3) is 3.83. The van der Waals surface area contributed by atoms with Crippen molar-refractivity contribution in [1.29, 1.82) is 5.26 Å². The van der Waals surface area contributed by atoms with E-state index in [9.17, 15) is 4.79 Å². The number of carbonyl (C=O) groups is 1. The van der Waals surface area contributed by atoms with Crippen molar-refractivity contribution in [3.63, 3.8) is 0 Å². The van der Waals surface area contributed by atoms with Gasteiger partial charge in [-0.1, -0.05) is 18.2 Å². The molecule has 0 unspecified atom stereocenters. The van der Waals surface area contributed by atoms with E-state index in [0.717, 1.165) is 16.9 Å². The highest BCUT2D eigenvalue weighted by atomic mass is 16.5. The maximum absolute atomic E-state index is 13.5. The van der Waals surface area contributed by atoms with Crippen molar-refractivity contribution >= 4 is 17.3 Å². The molecule has 0 aromatic heterocycles. The molecule has 1 atom stereocenters. The fourth-order valence-electron chi connectivity index (χ4n) is 3.58. The largest absolute Gasteiger partial charge is 0.497 e. The van der Waals surface area contributed by atoms with Crippen LogP contribution >= 0.6 is 0 Å². The van der Waals surface area contributed by atoms with Crippen LogP contribution in [0.15, 0.2) is 66.7 Å². The lowest BCUT2D eigenvalue weighted by molar-refractivity contribution is 0.0975. The Morgan fingerprint density at radius 1 is 1.00 bits per heavy atom. The molecule has 1 aliphatic rings. The SMILES string of the molecule is COc1ccc(N2C(=O)c3ccccc3N[C@@H]2c2ccc(OCC#N)c(OC)c2)cc1. The third-order valence-corrected chi connectivity index (χ3v) is 5.07. The molecule has 1 N–H and O–H groups in total. The number of hydrogen-bond acceptors (Lipinski definition) is 6. The molecular formula is C24H21N3O4. The summed E-state index contributed by atoms with van der Waals surface area (Å²) < 4.78 is 16.1. The fourth-order valence-corrected chi connectivity index (χ4v) is 3.58. The topological polar surface area (TPSA) is 83.8 Å². The van der Waals surface area contributed by atoms with Gasteiger partial charge in [-0.15, -0.1) is 0 Å². The first-order valence-electron chi connectivity index (χ1n) is 9.67. The van der Waals surface area contributed by atoms with Gasteiger partial charge in [0.25, 0.3) is 5.91 Å². The maximum atomic E-state index is 13.5. The highest BCUT2D eigenvalue weighted by Crippen LogP contribution is 2.39. The minimum atomic E-state index is -0.477. The summed E-state index contributed by atoms with van der Waals surface area (Å²) in [7, 11) is 3.14. The summed E-state index contributed by atoms with van der Waals surface area (Å²) in [6, 6.07) is 22.1. The number of ether oxygens (including phenoxy) is 3. The van der Waals surface area contributed by atoms with E-state index in [1.807, 2.05) is 60.7 Å². The van der Waals surface area contributed by atoms with Crippen LogP contribution in [-0.2, 0) is 0 Å². The molecule has 0 aliphatic carbocycles. The maximum Gasteiger partial charge on any atom is 0.262 e. The van der Waals surface area contributed by atoms with Crippen LogP contribution in [0.25, 0.3) is 0 Å². The quantitative estimate of drug-likeness (QED) is 0.643. The Hall–Kier alpha value is -4.18. The van der Waals surface area contributed by atoms with Crippen molar-refractivity contribution in [2.24, 2.45) is 0 Å². The van der Waals surface area contributed by atoms with Crippen molar-refractivity contribution in [2.75, 3.05) is 31.0 Å². The molecular weight excluding hydrogens is 394 g/mol. The number of fused-ring (bicyclic) bond motifs is 1. The predicted octanol–water partition coefficient (Wildman–Crippen LogP) is 4.38. The Kier molecular flexibility index (Phi) is 5.63. The van der Waals surface area contributed by atoms with Crippen molar-refractivity contribution < 1.29 is 19.0 Å². The molecule has 156 valence electrons. The lowest BCUT2D eigenvalue weighted by atomic mass is 10.0. The van der Waals surface area contributed by atoms with Gasteiger partial charge in [0.1, 0.15) is 18.0 Å². The number of nitriles is 1. The van der Waals surface area contributed by atoms with E-state index in [1.165, 1.54) is 7.11 Å². The van der Waals surface area contributed by atoms with Crippen LogP contribution in [0.3, 0.4) is 0 Å². The van der Waals surface area contributed by atoms with E-state index in [0.29, 0.717) is 22.8 Å². The van der Waals surface area contributed by atoms with Gasteiger partial charge in [0, 0.05) is 11.4 Å². The van der Waals surface area contributed by atoms with Gasteiger partial charge < -0.3 is 19.5 Å². The molecule has 0 bridgehead atoms. The highest BCUT2D eigenvalue weighted by Gasteiger charge is 2.34. The van der Waals surface area contributed by atoms with Crippen molar-refractivity contribution in [3.8, 4) is 23.3 Å². The van der Waals surface area contributed by atoms with Crippen LogP contribution in [0.2, 0.25) is 0 Å². The standard InChI is InChI=1S/C24H21N3O4/c1-29-18-10-8-17(9-11-18)27-23(26-20-6-4-3-5-19(20)24(27)28)16-7-12-21(31-14-13-25)22(15-16)30-2/h3-12,15,23,26H,14H2,1-2H3/t23-/m0/s1. The number of amides is 1. The number of carbonyl (C=O) groups excluding carboxylic acids is 1. The molecule has 0 radical (unpaired) electrons. The van der Waals surface area contributed by atoms with Crippen LogP contribution in [0, 0.1) is 11.3 Å². The van der Waals surface area contributed by atoms with Crippen LogP contribution < -0.4 is 24.4 Å². The van der Waals surface area contributed by atoms with E-state index in [4.69, 9.17) is 19.5 Å². The van der Waals surface area contributed by atoms with Gasteiger partial charge in [-0.3, -0.25) is 9.69 Å². The molecule has 1 amide bonds. The second-order valence-electron chi connectivity index (χ2n) is 6.82. The minimum Gasteiger partial charge on any atom is -0.497 e. The lowest BCUT2D eigenvalue weighted by Gasteiger charge is -2.38. The van der Waals surface area contributed by atoms with Crippen LogP contribution in [0.4, 0.5) is 11.4 Å². The second kappa shape index (κ2) is 8.67. The lowest BCUT2D eigenvalue weighted by Crippen LogP contribution is -2.43. The van der Waals surface area contributed by atoms with E-state index in [1.54, 1.807) is 24.1 Å². The minimum absolute atomic E-state index is 0.0821. The number of nitrogens with zero attached hydrogens (tertiary/aromatic N) is 2. The summed E-state index contributed by atoms with van der Waals surface area (Å²) in [5, 5.41) is 12.3. The zero-order valence-electron chi connectivity index (χ0n) is 17.2. The zero-order valence-corrected chi connectivity index (χ0v) is 17.2. The number of methoxy groups -OCH3 is 2. The van der Waals surface area contributed by atoms with Gasteiger partial charge >= 0.3 is 0 Å². The van der Waals surface area contributed by atoms with Crippen LogP contribution in [-0.4, -0.2) is 26.7 Å². The second-order valence-corrected chi connectivity index (χ2v) is 6.82. The van der Waals surface area contributed by atoms with Crippen LogP contribution in [0.1, 0.15) is 22.1 Å². The predicted molar refractivity (Wildman–Crippen MR) is 117 cm³/mol. The van der Waals surface area contributed by atoms with Crippen molar-refractivity contribution in [1.82, 2.24) is 0 Å². The molecule has 0 spiro atoms. The fraction of sp³-hybridized carbons (Fsp3) is 0.167. The molecule has 7 nitrogen and oxygen atoms in total. The molecule has 7 heteroatoms. The summed E-state index contributed by atoms with van der Waals surface area (Å²) in [5.74, 6) is 1.54. The van der Waals surface area contributed by atoms with E-state index in [2.05, 4.69) is 5.32 Å². The normalized spacial score (nSPS) is 14.8. The third-order valence-electron chi connectivity index (χ3n) is 5.07. The Bertz CT molecular complexity index is 1140. The van der Waals surface area contributed by atoms with E-state index >= 15 is 0 Å². The number of benzene rings is 3. The summed E-state index contributed by atoms with van der Waals surface area (Å²) in [4.78, 5) is 15.2. The van der Waals surface area contributed by atoms with Crippen LogP contribution in [0.5, 0.6) is 17.2 Å². The summed E-state index contributed by atoms with van der Waals surface area (Å²) in [6.45, 7) is -0.0821. The smallest absolute Gasteiger partial charge is 0.262 e. The van der Waals surface area contributed by atoms with E-state index < -0.39 is 6.17 Å². The number of hydrogen-bond donors (Lipinski definition) is 1. The first-order valence-corrected chi connectivity index (χ1v) is 9.67. The van der Waals surface area contributed by atoms with Gasteiger partial charge in [0.15, 0.2) is 18.1 Å². The number of rotatable bonds is 6. The Balaban J connectivity index is 1.79. The summed E-state index contributed by atoms with van der Waals surface area (Å²) in [5.41, 5.74) is 2.88. The average molecular weight is 415 g/mol. The van der Waals surface area contributed by atoms with Gasteiger partial charge in [-0.05, 0) is 54.1 Å².